The highest BCUT2D eigenvalue weighted by Crippen LogP contribution is 2.33. The molecule has 1 heterocycles. The first-order valence-corrected chi connectivity index (χ1v) is 6.44. The second kappa shape index (κ2) is 9.17. The van der Waals surface area contributed by atoms with Crippen molar-refractivity contribution >= 4 is 42.1 Å². The highest BCUT2D eigenvalue weighted by molar-refractivity contribution is 5.94. The number of anilines is 2. The largest absolute Gasteiger partial charge is 0.416 e. The Bertz CT molecular complexity index is 524. The van der Waals surface area contributed by atoms with Crippen molar-refractivity contribution in [2.24, 2.45) is 0 Å². The van der Waals surface area contributed by atoms with E-state index in [0.29, 0.717) is 19.8 Å². The molecular weight excluding hydrogens is 358 g/mol. The molecule has 1 fully saturated rings. The minimum Gasteiger partial charge on any atom is -0.397 e. The standard InChI is InChI=1S/C13H16F3N3O2.2ClH/c14-13(15,16)8-1-2-10(17)11(5-8)19-12(20)6-9-7-21-4-3-18-9;;/h1-2,5,9,18H,3-4,6-7,17H2,(H,19,20);2*1H. The lowest BCUT2D eigenvalue weighted by Crippen LogP contribution is -2.43. The molecular formula is C13H18Cl2F3N3O2. The fourth-order valence-electron chi connectivity index (χ4n) is 2.02. The number of benzene rings is 1. The minimum atomic E-state index is -4.48. The van der Waals surface area contributed by atoms with E-state index < -0.39 is 17.6 Å². The fourth-order valence-corrected chi connectivity index (χ4v) is 2.02. The van der Waals surface area contributed by atoms with Crippen molar-refractivity contribution < 1.29 is 22.7 Å². The number of amides is 1. The Balaban J connectivity index is 0.00000242. The lowest BCUT2D eigenvalue weighted by Gasteiger charge is -2.23. The van der Waals surface area contributed by atoms with Gasteiger partial charge in [0, 0.05) is 19.0 Å². The quantitative estimate of drug-likeness (QED) is 0.709. The smallest absolute Gasteiger partial charge is 0.397 e. The van der Waals surface area contributed by atoms with Gasteiger partial charge in [-0.3, -0.25) is 4.79 Å². The van der Waals surface area contributed by atoms with Gasteiger partial charge in [0.05, 0.1) is 30.2 Å². The van der Waals surface area contributed by atoms with E-state index in [2.05, 4.69) is 10.6 Å². The summed E-state index contributed by atoms with van der Waals surface area (Å²) in [5.41, 5.74) is 4.79. The van der Waals surface area contributed by atoms with Crippen LogP contribution in [0.5, 0.6) is 0 Å². The number of morpholine rings is 1. The molecule has 2 rings (SSSR count). The van der Waals surface area contributed by atoms with Gasteiger partial charge in [-0.25, -0.2) is 0 Å². The van der Waals surface area contributed by atoms with Crippen LogP contribution in [0.2, 0.25) is 0 Å². The first-order valence-electron chi connectivity index (χ1n) is 6.44. The first kappa shape index (κ1) is 21.8. The molecule has 0 aromatic heterocycles. The number of nitrogen functional groups attached to an aromatic ring is 1. The molecule has 1 atom stereocenters. The molecule has 10 heteroatoms. The third-order valence-corrected chi connectivity index (χ3v) is 3.08. The van der Waals surface area contributed by atoms with E-state index in [-0.39, 0.29) is 48.7 Å². The average molecular weight is 376 g/mol. The molecule has 1 amide bonds. The van der Waals surface area contributed by atoms with Gasteiger partial charge in [-0.2, -0.15) is 13.2 Å². The van der Waals surface area contributed by atoms with Crippen molar-refractivity contribution in [2.75, 3.05) is 30.8 Å². The fraction of sp³-hybridized carbons (Fsp3) is 0.462. The highest BCUT2D eigenvalue weighted by atomic mass is 35.5. The maximum atomic E-state index is 12.6. The summed E-state index contributed by atoms with van der Waals surface area (Å²) in [6, 6.07) is 2.69. The maximum Gasteiger partial charge on any atom is 0.416 e. The van der Waals surface area contributed by atoms with Gasteiger partial charge in [0.2, 0.25) is 5.91 Å². The molecule has 1 unspecified atom stereocenters. The van der Waals surface area contributed by atoms with Crippen LogP contribution in [-0.2, 0) is 15.7 Å². The summed E-state index contributed by atoms with van der Waals surface area (Å²) >= 11 is 0. The highest BCUT2D eigenvalue weighted by Gasteiger charge is 2.31. The van der Waals surface area contributed by atoms with E-state index in [1.807, 2.05) is 0 Å². The predicted molar refractivity (Wildman–Crippen MR) is 86.2 cm³/mol. The summed E-state index contributed by atoms with van der Waals surface area (Å²) < 4.78 is 43.1. The van der Waals surface area contributed by atoms with E-state index in [0.717, 1.165) is 18.2 Å². The third-order valence-electron chi connectivity index (χ3n) is 3.08. The molecule has 23 heavy (non-hydrogen) atoms. The molecule has 0 bridgehead atoms. The van der Waals surface area contributed by atoms with Crippen molar-refractivity contribution in [1.29, 1.82) is 0 Å². The maximum absolute atomic E-state index is 12.6. The zero-order chi connectivity index (χ0) is 15.5. The number of carbonyl (C=O) groups is 1. The van der Waals surface area contributed by atoms with Crippen LogP contribution < -0.4 is 16.4 Å². The van der Waals surface area contributed by atoms with Crippen molar-refractivity contribution in [2.45, 2.75) is 18.6 Å². The molecule has 132 valence electrons. The Hall–Kier alpha value is -1.22. The lowest BCUT2D eigenvalue weighted by atomic mass is 10.1. The van der Waals surface area contributed by atoms with E-state index >= 15 is 0 Å². The summed E-state index contributed by atoms with van der Waals surface area (Å²) in [4.78, 5) is 11.9. The topological polar surface area (TPSA) is 76.4 Å². The van der Waals surface area contributed by atoms with Gasteiger partial charge in [0.25, 0.3) is 0 Å². The summed E-state index contributed by atoms with van der Waals surface area (Å²) in [6.07, 6.45) is -4.37. The Morgan fingerprint density at radius 1 is 1.39 bits per heavy atom. The van der Waals surface area contributed by atoms with E-state index in [4.69, 9.17) is 10.5 Å². The summed E-state index contributed by atoms with van der Waals surface area (Å²) in [5.74, 6) is -0.413. The molecule has 1 aromatic carbocycles. The van der Waals surface area contributed by atoms with Crippen LogP contribution in [0.3, 0.4) is 0 Å². The summed E-state index contributed by atoms with van der Waals surface area (Å²) in [5, 5.41) is 5.50. The van der Waals surface area contributed by atoms with Crippen LogP contribution in [0, 0.1) is 0 Å². The predicted octanol–water partition coefficient (Wildman–Crippen LogP) is 2.45. The van der Waals surface area contributed by atoms with Gasteiger partial charge in [-0.15, -0.1) is 24.8 Å². The van der Waals surface area contributed by atoms with Gasteiger partial charge in [-0.05, 0) is 18.2 Å². The van der Waals surface area contributed by atoms with Crippen LogP contribution in [0.15, 0.2) is 18.2 Å². The third kappa shape index (κ3) is 6.42. The zero-order valence-electron chi connectivity index (χ0n) is 12.0. The molecule has 0 spiro atoms. The number of halogens is 5. The van der Waals surface area contributed by atoms with Crippen LogP contribution in [-0.4, -0.2) is 31.7 Å². The normalized spacial score (nSPS) is 17.6. The SMILES string of the molecule is Cl.Cl.Nc1ccc(C(F)(F)F)cc1NC(=O)CC1COCCN1. The van der Waals surface area contributed by atoms with E-state index in [1.54, 1.807) is 0 Å². The number of nitrogens with one attached hydrogen (secondary N) is 2. The number of hydrogen-bond acceptors (Lipinski definition) is 4. The number of nitrogens with two attached hydrogens (primary N) is 1. The molecule has 1 aliphatic heterocycles. The van der Waals surface area contributed by atoms with Gasteiger partial charge in [-0.1, -0.05) is 0 Å². The van der Waals surface area contributed by atoms with E-state index in [9.17, 15) is 18.0 Å². The Morgan fingerprint density at radius 2 is 2.09 bits per heavy atom. The van der Waals surface area contributed by atoms with Crippen LogP contribution >= 0.6 is 24.8 Å². The molecule has 0 radical (unpaired) electrons. The summed E-state index contributed by atoms with van der Waals surface area (Å²) in [6.45, 7) is 1.62. The number of ether oxygens (including phenoxy) is 1. The Morgan fingerprint density at radius 3 is 2.65 bits per heavy atom. The molecule has 0 aliphatic carbocycles. The molecule has 4 N–H and O–H groups in total. The minimum absolute atomic E-state index is 0. The molecule has 1 aromatic rings. The van der Waals surface area contributed by atoms with Crippen molar-refractivity contribution in [3.63, 3.8) is 0 Å². The number of hydrogen-bond donors (Lipinski definition) is 3. The van der Waals surface area contributed by atoms with Gasteiger partial charge in [0.1, 0.15) is 0 Å². The lowest BCUT2D eigenvalue weighted by molar-refractivity contribution is -0.137. The van der Waals surface area contributed by atoms with Crippen molar-refractivity contribution in [3.05, 3.63) is 23.8 Å². The Labute approximate surface area is 143 Å². The van der Waals surface area contributed by atoms with Crippen LogP contribution in [0.25, 0.3) is 0 Å². The Kier molecular flexibility index (Phi) is 8.68. The van der Waals surface area contributed by atoms with Crippen molar-refractivity contribution in [1.82, 2.24) is 5.32 Å². The second-order valence-corrected chi connectivity index (χ2v) is 4.78. The van der Waals surface area contributed by atoms with Crippen molar-refractivity contribution in [3.8, 4) is 0 Å². The number of rotatable bonds is 3. The molecule has 0 saturated carbocycles. The van der Waals surface area contributed by atoms with Crippen LogP contribution in [0.1, 0.15) is 12.0 Å². The molecule has 1 aliphatic rings. The average Bonchev–Trinajstić information content (AvgIpc) is 2.41. The van der Waals surface area contributed by atoms with E-state index in [1.165, 1.54) is 0 Å². The molecule has 5 nitrogen and oxygen atoms in total. The first-order chi connectivity index (χ1) is 9.86. The number of alkyl halides is 3. The van der Waals surface area contributed by atoms with Gasteiger partial charge in [0.15, 0.2) is 0 Å². The van der Waals surface area contributed by atoms with Crippen LogP contribution in [0.4, 0.5) is 24.5 Å². The second-order valence-electron chi connectivity index (χ2n) is 4.78. The monoisotopic (exact) mass is 375 g/mol. The number of carbonyl (C=O) groups excluding carboxylic acids is 1. The zero-order valence-corrected chi connectivity index (χ0v) is 13.6. The van der Waals surface area contributed by atoms with Gasteiger partial charge >= 0.3 is 6.18 Å². The van der Waals surface area contributed by atoms with Gasteiger partial charge < -0.3 is 21.1 Å². The molecule has 1 saturated heterocycles. The summed E-state index contributed by atoms with van der Waals surface area (Å²) in [7, 11) is 0.